The summed E-state index contributed by atoms with van der Waals surface area (Å²) in [6.45, 7) is 5.78. The summed E-state index contributed by atoms with van der Waals surface area (Å²) in [5.74, 6) is -1.19. The van der Waals surface area contributed by atoms with Crippen LogP contribution < -0.4 is 5.32 Å². The highest BCUT2D eigenvalue weighted by Crippen LogP contribution is 2.26. The van der Waals surface area contributed by atoms with E-state index in [9.17, 15) is 35.1 Å². The van der Waals surface area contributed by atoms with Gasteiger partial charge >= 0.3 is 5.97 Å². The number of hydrogen-bond acceptors (Lipinski definition) is 10. The van der Waals surface area contributed by atoms with Crippen LogP contribution in [-0.2, 0) is 23.8 Å². The Bertz CT molecular complexity index is 1500. The van der Waals surface area contributed by atoms with Crippen molar-refractivity contribution in [2.45, 2.75) is 372 Å². The molecule has 1 amide bonds. The largest absolute Gasteiger partial charge is 0.454 e. The molecular weight excluding hydrogens is 1010 g/mol. The maximum absolute atomic E-state index is 13.4. The molecule has 6 N–H and O–H groups in total. The molecule has 0 aromatic carbocycles. The Labute approximate surface area is 497 Å². The van der Waals surface area contributed by atoms with Gasteiger partial charge in [0.25, 0.3) is 0 Å². The van der Waals surface area contributed by atoms with Crippen molar-refractivity contribution in [1.82, 2.24) is 5.32 Å². The molecule has 1 rings (SSSR count). The number of ether oxygens (including phenoxy) is 3. The molecule has 0 aromatic heterocycles. The second kappa shape index (κ2) is 58.0. The highest BCUT2D eigenvalue weighted by molar-refractivity contribution is 5.80. The van der Waals surface area contributed by atoms with Gasteiger partial charge in [-0.3, -0.25) is 9.59 Å². The molecule has 1 aliphatic heterocycles. The number of allylic oxidation sites excluding steroid dienone is 7. The van der Waals surface area contributed by atoms with Crippen LogP contribution >= 0.6 is 0 Å². The second-order valence-corrected chi connectivity index (χ2v) is 23.9. The highest BCUT2D eigenvalue weighted by Gasteiger charge is 2.47. The van der Waals surface area contributed by atoms with E-state index in [0.29, 0.717) is 12.8 Å². The average Bonchev–Trinajstić information content (AvgIpc) is 3.50. The maximum Gasteiger partial charge on any atom is 0.306 e. The number of carbonyl (C=O) groups excluding carboxylic acids is 2. The van der Waals surface area contributed by atoms with Gasteiger partial charge in [0.1, 0.15) is 24.4 Å². The van der Waals surface area contributed by atoms with Crippen molar-refractivity contribution in [3.8, 4) is 0 Å². The van der Waals surface area contributed by atoms with Gasteiger partial charge in [-0.2, -0.15) is 0 Å². The van der Waals surface area contributed by atoms with E-state index in [1.165, 1.54) is 193 Å². The predicted octanol–water partition coefficient (Wildman–Crippen LogP) is 17.2. The topological polar surface area (TPSA) is 175 Å². The number of aliphatic hydroxyl groups excluding tert-OH is 5. The van der Waals surface area contributed by atoms with Crippen LogP contribution in [-0.4, -0.2) is 99.6 Å². The van der Waals surface area contributed by atoms with E-state index in [1.54, 1.807) is 6.08 Å². The minimum Gasteiger partial charge on any atom is -0.454 e. The lowest BCUT2D eigenvalue weighted by Gasteiger charge is -2.41. The van der Waals surface area contributed by atoms with Crippen LogP contribution in [0.5, 0.6) is 0 Å². The molecule has 11 heteroatoms. The Morgan fingerprint density at radius 1 is 0.481 bits per heavy atom. The molecule has 8 unspecified atom stereocenters. The molecule has 0 aromatic rings. The zero-order chi connectivity index (χ0) is 58.9. The van der Waals surface area contributed by atoms with E-state index in [-0.39, 0.29) is 19.4 Å². The van der Waals surface area contributed by atoms with Crippen molar-refractivity contribution in [3.63, 3.8) is 0 Å². The molecule has 1 fully saturated rings. The second-order valence-electron chi connectivity index (χ2n) is 23.9. The first-order valence-electron chi connectivity index (χ1n) is 34.4. The van der Waals surface area contributed by atoms with Gasteiger partial charge < -0.3 is 45.1 Å². The Balaban J connectivity index is 2.55. The third-order valence-electron chi connectivity index (χ3n) is 16.2. The molecule has 81 heavy (non-hydrogen) atoms. The molecule has 0 saturated carbocycles. The normalized spacial score (nSPS) is 18.9. The molecule has 0 bridgehead atoms. The van der Waals surface area contributed by atoms with Gasteiger partial charge in [0.15, 0.2) is 12.4 Å². The third-order valence-corrected chi connectivity index (χ3v) is 16.2. The van der Waals surface area contributed by atoms with Crippen LogP contribution in [0.4, 0.5) is 0 Å². The summed E-state index contributed by atoms with van der Waals surface area (Å²) in [7, 11) is 0. The van der Waals surface area contributed by atoms with Crippen molar-refractivity contribution in [2.24, 2.45) is 0 Å². The summed E-state index contributed by atoms with van der Waals surface area (Å²) in [6.07, 6.45) is 61.6. The van der Waals surface area contributed by atoms with E-state index in [2.05, 4.69) is 62.5 Å². The van der Waals surface area contributed by atoms with Gasteiger partial charge in [-0.05, 0) is 83.5 Å². The summed E-state index contributed by atoms with van der Waals surface area (Å²) in [6, 6.07) is -1.03. The summed E-state index contributed by atoms with van der Waals surface area (Å²) >= 11 is 0. The van der Waals surface area contributed by atoms with Crippen LogP contribution in [0.15, 0.2) is 48.6 Å². The van der Waals surface area contributed by atoms with Crippen molar-refractivity contribution >= 4 is 11.9 Å². The number of hydrogen-bond donors (Lipinski definition) is 6. The summed E-state index contributed by atoms with van der Waals surface area (Å²) < 4.78 is 17.7. The fraction of sp³-hybridized carbons (Fsp3) is 0.857. The first-order chi connectivity index (χ1) is 39.7. The lowest BCUT2D eigenvalue weighted by atomic mass is 9.99. The Kier molecular flexibility index (Phi) is 54.9. The summed E-state index contributed by atoms with van der Waals surface area (Å²) in [5, 5.41) is 57.1. The summed E-state index contributed by atoms with van der Waals surface area (Å²) in [5.41, 5.74) is 0. The van der Waals surface area contributed by atoms with E-state index in [0.717, 1.165) is 83.5 Å². The molecule has 11 nitrogen and oxygen atoms in total. The van der Waals surface area contributed by atoms with E-state index in [1.807, 2.05) is 6.08 Å². The molecule has 0 aliphatic carbocycles. The monoisotopic (exact) mass is 1140 g/mol. The molecule has 1 aliphatic rings. The molecule has 474 valence electrons. The van der Waals surface area contributed by atoms with Crippen LogP contribution in [0.2, 0.25) is 0 Å². The van der Waals surface area contributed by atoms with Crippen LogP contribution in [0.3, 0.4) is 0 Å². The SMILES string of the molecule is CCCCC/C=C\C/C=C\CCCCCCCCC(O)C(=O)NC(COC1OC(CO)C(O)C(O)C1OC(=O)CCCCCCCCCCCCCCCCC/C=C/CCCCCCCC)C(O)/C=C/CCCCCCCCCCC. The first-order valence-corrected chi connectivity index (χ1v) is 34.4. The van der Waals surface area contributed by atoms with Crippen molar-refractivity contribution < 1.29 is 49.3 Å². The van der Waals surface area contributed by atoms with E-state index >= 15 is 0 Å². The van der Waals surface area contributed by atoms with Crippen LogP contribution in [0, 0.1) is 0 Å². The molecule has 0 radical (unpaired) electrons. The van der Waals surface area contributed by atoms with Gasteiger partial charge in [-0.25, -0.2) is 0 Å². The standard InChI is InChI=1S/C70H129NO10/c1-4-7-10-13-16-19-22-24-26-28-29-30-31-32-33-34-35-36-38-40-43-46-49-52-55-58-65(75)81-68-67(77)66(76)64(59-72)80-70(68)79-60-61(62(73)56-53-50-47-44-41-21-18-15-12-9-6-3)71-69(78)63(74)57-54-51-48-45-42-39-37-27-25-23-20-17-14-11-8-5-2/h17,20,24-27,53,56,61-64,66-68,70,72-74,76-77H,4-16,18-19,21-23,28-52,54-55,57-60H2,1-3H3,(H,71,78)/b20-17-,26-24+,27-25-,56-53+. The van der Waals surface area contributed by atoms with Gasteiger partial charge in [-0.1, -0.05) is 281 Å². The fourth-order valence-corrected chi connectivity index (χ4v) is 10.7. The van der Waals surface area contributed by atoms with Crippen LogP contribution in [0.1, 0.15) is 323 Å². The number of rotatable bonds is 59. The minimum absolute atomic E-state index is 0.125. The zero-order valence-corrected chi connectivity index (χ0v) is 52.7. The van der Waals surface area contributed by atoms with E-state index < -0.39 is 67.4 Å². The minimum atomic E-state index is -1.61. The van der Waals surface area contributed by atoms with Crippen molar-refractivity contribution in [3.05, 3.63) is 48.6 Å². The first kappa shape index (κ1) is 76.6. The number of unbranched alkanes of at least 4 members (excludes halogenated alkanes) is 39. The lowest BCUT2D eigenvalue weighted by molar-refractivity contribution is -0.305. The molecular formula is C70H129NO10. The van der Waals surface area contributed by atoms with Gasteiger partial charge in [0, 0.05) is 6.42 Å². The fourth-order valence-electron chi connectivity index (χ4n) is 10.7. The Hall–Kier alpha value is -2.38. The number of carbonyl (C=O) groups is 2. The molecule has 8 atom stereocenters. The smallest absolute Gasteiger partial charge is 0.306 e. The number of nitrogens with one attached hydrogen (secondary N) is 1. The quantitative estimate of drug-likeness (QED) is 0.0195. The number of esters is 1. The molecule has 0 spiro atoms. The average molecular weight is 1140 g/mol. The van der Waals surface area contributed by atoms with Gasteiger partial charge in [-0.15, -0.1) is 0 Å². The summed E-state index contributed by atoms with van der Waals surface area (Å²) in [4.78, 5) is 26.6. The van der Waals surface area contributed by atoms with Gasteiger partial charge in [0.2, 0.25) is 5.91 Å². The maximum atomic E-state index is 13.4. The number of aliphatic hydroxyl groups is 5. The van der Waals surface area contributed by atoms with Crippen molar-refractivity contribution in [2.75, 3.05) is 13.2 Å². The lowest BCUT2D eigenvalue weighted by Crippen LogP contribution is -2.61. The molecule has 1 heterocycles. The predicted molar refractivity (Wildman–Crippen MR) is 338 cm³/mol. The number of amides is 1. The Morgan fingerprint density at radius 3 is 1.30 bits per heavy atom. The zero-order valence-electron chi connectivity index (χ0n) is 52.7. The van der Waals surface area contributed by atoms with E-state index in [4.69, 9.17) is 14.2 Å². The van der Waals surface area contributed by atoms with Crippen molar-refractivity contribution in [1.29, 1.82) is 0 Å². The highest BCUT2D eigenvalue weighted by atomic mass is 16.7. The van der Waals surface area contributed by atoms with Crippen LogP contribution in [0.25, 0.3) is 0 Å². The van der Waals surface area contributed by atoms with Gasteiger partial charge in [0.05, 0.1) is 25.4 Å². The third kappa shape index (κ3) is 45.6. The Morgan fingerprint density at radius 2 is 0.852 bits per heavy atom. The molecule has 1 saturated heterocycles.